The Bertz CT molecular complexity index is 764. The summed E-state index contributed by atoms with van der Waals surface area (Å²) in [6.07, 6.45) is 5.62. The smallest absolute Gasteiger partial charge is 0.119 e. The molecule has 0 aliphatic carbocycles. The highest BCUT2D eigenvalue weighted by Gasteiger charge is 2.42. The molecule has 5 rings (SSSR count). The second-order valence-electron chi connectivity index (χ2n) is 6.97. The van der Waals surface area contributed by atoms with Crippen LogP contribution in [0.3, 0.4) is 0 Å². The molecule has 0 saturated carbocycles. The van der Waals surface area contributed by atoms with Gasteiger partial charge < -0.3 is 16.0 Å². The number of aliphatic hydroxyl groups excluding tert-OH is 1. The van der Waals surface area contributed by atoms with Gasteiger partial charge in [-0.2, -0.15) is 0 Å². The highest BCUT2D eigenvalue weighted by atomic mass is 16.5. The molecule has 0 amide bonds. The Hall–Kier alpha value is -1.95. The number of nitrogens with zero attached hydrogens (tertiary/aromatic N) is 2. The largest absolute Gasteiger partial charge is 0.497 e. The fourth-order valence-corrected chi connectivity index (χ4v) is 4.44. The summed E-state index contributed by atoms with van der Waals surface area (Å²) in [7, 11) is 1.66. The average Bonchev–Trinajstić information content (AvgIpc) is 2.66. The van der Waals surface area contributed by atoms with Crippen LogP contribution < -0.4 is 10.9 Å². The summed E-state index contributed by atoms with van der Waals surface area (Å²) in [4.78, 5) is 6.86. The molecule has 4 heterocycles. The maximum atomic E-state index is 11.2. The number of ether oxygens (including phenoxy) is 1. The van der Waals surface area contributed by atoms with Gasteiger partial charge in [0, 0.05) is 24.2 Å². The number of aromatic nitrogens is 1. The van der Waals surface area contributed by atoms with E-state index in [1.165, 1.54) is 6.42 Å². The van der Waals surface area contributed by atoms with E-state index in [9.17, 15) is 5.11 Å². The van der Waals surface area contributed by atoms with Gasteiger partial charge in [0.1, 0.15) is 5.75 Å². The molecule has 1 aromatic carbocycles. The average molecular weight is 341 g/mol. The Morgan fingerprint density at radius 2 is 2.24 bits per heavy atom. The number of aliphatic hydroxyl groups is 1. The molecule has 3 aliphatic heterocycles. The second kappa shape index (κ2) is 7.12. The molecule has 4 N–H and O–H groups in total. The van der Waals surface area contributed by atoms with Crippen LogP contribution in [0.15, 0.2) is 43.1 Å². The van der Waals surface area contributed by atoms with Gasteiger partial charge in [-0.05, 0) is 61.1 Å². The standard InChI is InChI=1S/C20H24N2O2.H3N/c1-3-13-12-22-9-7-14(13)10-19(22)20(23)16-6-8-21-18-5-4-15(24-2)11-17(16)18;/h3-6,8,11,13-14,19-20,23H,1,7,9-10,12H2,2H3;1H3/t13-,14-,19-,20+;/m0./s1. The van der Waals surface area contributed by atoms with Crippen LogP contribution in [0.2, 0.25) is 0 Å². The minimum Gasteiger partial charge on any atom is -0.497 e. The molecule has 1 unspecified atom stereocenters. The zero-order chi connectivity index (χ0) is 16.7. The van der Waals surface area contributed by atoms with Gasteiger partial charge in [-0.15, -0.1) is 6.58 Å². The van der Waals surface area contributed by atoms with E-state index >= 15 is 0 Å². The molecule has 5 nitrogen and oxygen atoms in total. The zero-order valence-electron chi connectivity index (χ0n) is 14.8. The fourth-order valence-electron chi connectivity index (χ4n) is 4.44. The van der Waals surface area contributed by atoms with Crippen LogP contribution in [-0.4, -0.2) is 41.2 Å². The van der Waals surface area contributed by atoms with Crippen molar-refractivity contribution in [2.24, 2.45) is 11.8 Å². The van der Waals surface area contributed by atoms with Crippen LogP contribution in [0.25, 0.3) is 10.9 Å². The molecule has 3 fully saturated rings. The predicted octanol–water partition coefficient (Wildman–Crippen LogP) is 3.34. The van der Waals surface area contributed by atoms with E-state index in [1.807, 2.05) is 24.3 Å². The van der Waals surface area contributed by atoms with Crippen molar-refractivity contribution in [2.45, 2.75) is 25.0 Å². The number of methoxy groups -OCH3 is 1. The molecule has 5 atom stereocenters. The Kier molecular flexibility index (Phi) is 5.08. The van der Waals surface area contributed by atoms with Crippen molar-refractivity contribution in [3.8, 4) is 5.75 Å². The molecule has 0 spiro atoms. The first-order valence-electron chi connectivity index (χ1n) is 8.68. The summed E-state index contributed by atoms with van der Waals surface area (Å²) >= 11 is 0. The lowest BCUT2D eigenvalue weighted by Crippen LogP contribution is -2.54. The van der Waals surface area contributed by atoms with Crippen LogP contribution >= 0.6 is 0 Å². The highest BCUT2D eigenvalue weighted by Crippen LogP contribution is 2.42. The lowest BCUT2D eigenvalue weighted by molar-refractivity contribution is -0.0444. The molecule has 2 aromatic rings. The van der Waals surface area contributed by atoms with Gasteiger partial charge in [-0.3, -0.25) is 9.88 Å². The number of rotatable bonds is 4. The second-order valence-corrected chi connectivity index (χ2v) is 6.97. The van der Waals surface area contributed by atoms with Crippen LogP contribution in [0, 0.1) is 11.8 Å². The summed E-state index contributed by atoms with van der Waals surface area (Å²) < 4.78 is 5.35. The van der Waals surface area contributed by atoms with E-state index < -0.39 is 6.10 Å². The number of hydrogen-bond donors (Lipinski definition) is 2. The third-order valence-electron chi connectivity index (χ3n) is 5.82. The summed E-state index contributed by atoms with van der Waals surface area (Å²) in [6, 6.07) is 7.96. The topological polar surface area (TPSA) is 80.6 Å². The summed E-state index contributed by atoms with van der Waals surface area (Å²) in [6.45, 7) is 6.07. The first-order valence-corrected chi connectivity index (χ1v) is 8.68. The minimum absolute atomic E-state index is 0. The number of piperidine rings is 3. The molecular formula is C20H27N3O2. The van der Waals surface area contributed by atoms with Crippen molar-refractivity contribution in [3.05, 3.63) is 48.7 Å². The van der Waals surface area contributed by atoms with Gasteiger partial charge in [0.15, 0.2) is 0 Å². The maximum Gasteiger partial charge on any atom is 0.119 e. The Morgan fingerprint density at radius 1 is 1.40 bits per heavy atom. The minimum atomic E-state index is -0.504. The van der Waals surface area contributed by atoms with Crippen LogP contribution in [-0.2, 0) is 0 Å². The van der Waals surface area contributed by atoms with Crippen LogP contribution in [0.4, 0.5) is 0 Å². The van der Waals surface area contributed by atoms with Crippen molar-refractivity contribution in [2.75, 3.05) is 20.2 Å². The van der Waals surface area contributed by atoms with Crippen molar-refractivity contribution in [3.63, 3.8) is 0 Å². The van der Waals surface area contributed by atoms with E-state index in [4.69, 9.17) is 4.74 Å². The van der Waals surface area contributed by atoms with E-state index in [-0.39, 0.29) is 12.2 Å². The third kappa shape index (κ3) is 3.03. The Labute approximate surface area is 148 Å². The highest BCUT2D eigenvalue weighted by molar-refractivity contribution is 5.83. The predicted molar refractivity (Wildman–Crippen MR) is 100 cm³/mol. The monoisotopic (exact) mass is 341 g/mol. The van der Waals surface area contributed by atoms with Crippen LogP contribution in [0.5, 0.6) is 5.75 Å². The molecule has 134 valence electrons. The van der Waals surface area contributed by atoms with Crippen molar-refractivity contribution in [1.29, 1.82) is 0 Å². The molecule has 2 bridgehead atoms. The number of benzene rings is 1. The van der Waals surface area contributed by atoms with Crippen molar-refractivity contribution >= 4 is 10.9 Å². The number of pyridine rings is 1. The van der Waals surface area contributed by atoms with Gasteiger partial charge in [-0.25, -0.2) is 0 Å². The molecular weight excluding hydrogens is 314 g/mol. The third-order valence-corrected chi connectivity index (χ3v) is 5.82. The van der Waals surface area contributed by atoms with Gasteiger partial charge in [0.2, 0.25) is 0 Å². The normalized spacial score (nSPS) is 29.0. The molecule has 0 radical (unpaired) electrons. The lowest BCUT2D eigenvalue weighted by Gasteiger charge is -2.50. The molecule has 25 heavy (non-hydrogen) atoms. The molecule has 3 aliphatic rings. The SMILES string of the molecule is C=C[C@H]1CN2CC[C@H]1C[C@H]2[C@H](O)c1ccnc2ccc(OC)cc12.N. The van der Waals surface area contributed by atoms with E-state index in [2.05, 4.69) is 22.5 Å². The number of fused-ring (bicyclic) bond motifs is 4. The molecule has 5 heteroatoms. The summed E-state index contributed by atoms with van der Waals surface area (Å²) in [5.41, 5.74) is 1.85. The lowest BCUT2D eigenvalue weighted by atomic mass is 9.73. The van der Waals surface area contributed by atoms with E-state index in [1.54, 1.807) is 13.3 Å². The molecule has 1 aromatic heterocycles. The van der Waals surface area contributed by atoms with Gasteiger partial charge in [-0.1, -0.05) is 6.08 Å². The van der Waals surface area contributed by atoms with Crippen molar-refractivity contribution < 1.29 is 9.84 Å². The Balaban J connectivity index is 0.00000182. The number of hydrogen-bond acceptors (Lipinski definition) is 5. The fraction of sp³-hybridized carbons (Fsp3) is 0.450. The first kappa shape index (κ1) is 17.9. The quantitative estimate of drug-likeness (QED) is 0.834. The molecule has 3 saturated heterocycles. The summed E-state index contributed by atoms with van der Waals surface area (Å²) in [5, 5.41) is 12.1. The zero-order valence-corrected chi connectivity index (χ0v) is 14.8. The van der Waals surface area contributed by atoms with Crippen LogP contribution in [0.1, 0.15) is 24.5 Å². The van der Waals surface area contributed by atoms with Gasteiger partial charge >= 0.3 is 0 Å². The summed E-state index contributed by atoms with van der Waals surface area (Å²) in [5.74, 6) is 2.01. The van der Waals surface area contributed by atoms with Gasteiger partial charge in [0.25, 0.3) is 0 Å². The van der Waals surface area contributed by atoms with E-state index in [0.717, 1.165) is 41.7 Å². The van der Waals surface area contributed by atoms with Crippen molar-refractivity contribution in [1.82, 2.24) is 16.0 Å². The Morgan fingerprint density at radius 3 is 2.92 bits per heavy atom. The maximum absolute atomic E-state index is 11.2. The van der Waals surface area contributed by atoms with E-state index in [0.29, 0.717) is 11.8 Å². The first-order chi connectivity index (χ1) is 11.7. The van der Waals surface area contributed by atoms with Gasteiger partial charge in [0.05, 0.1) is 18.7 Å².